The Morgan fingerprint density at radius 1 is 1.64 bits per heavy atom. The number of aromatic nitrogens is 2. The van der Waals surface area contributed by atoms with E-state index in [1.165, 1.54) is 6.07 Å². The molecule has 0 aliphatic carbocycles. The van der Waals surface area contributed by atoms with Crippen molar-refractivity contribution in [1.29, 1.82) is 0 Å². The Balaban J connectivity index is 2.98. The molecule has 58 valence electrons. The monoisotopic (exact) mass is 190 g/mol. The third-order valence-corrected chi connectivity index (χ3v) is 1.52. The maximum atomic E-state index is 10.1. The molecule has 0 bridgehead atoms. The van der Waals surface area contributed by atoms with Crippen molar-refractivity contribution in [2.75, 3.05) is 5.73 Å². The maximum Gasteiger partial charge on any atom is 0.467 e. The van der Waals surface area contributed by atoms with Crippen LogP contribution in [-0.4, -0.2) is 9.97 Å². The molecule has 1 heterocycles. The Labute approximate surface area is 72.3 Å². The lowest BCUT2D eigenvalue weighted by Gasteiger charge is -1.93. The molecule has 0 aliphatic rings. The highest BCUT2D eigenvalue weighted by molar-refractivity contribution is 7.64. The average Bonchev–Trinajstić information content (AvgIpc) is 1.85. The summed E-state index contributed by atoms with van der Waals surface area (Å²) in [6, 6.07) is 1.43. The summed E-state index contributed by atoms with van der Waals surface area (Å²) in [5, 5.41) is 0.265. The third-order valence-electron chi connectivity index (χ3n) is 0.949. The molecule has 4 nitrogen and oxygen atoms in total. The number of hydrogen-bond donors (Lipinski definition) is 1. The molecule has 0 spiro atoms. The van der Waals surface area contributed by atoms with Gasteiger partial charge in [0, 0.05) is 10.3 Å². The molecule has 0 saturated heterocycles. The topological polar surface area (TPSA) is 68.9 Å². The number of nitrogens with zero attached hydrogens (tertiary/aromatic N) is 2. The molecule has 0 radical (unpaired) electrons. The summed E-state index contributed by atoms with van der Waals surface area (Å²) in [5.41, 5.74) is 5.34. The van der Waals surface area contributed by atoms with Crippen molar-refractivity contribution in [1.82, 2.24) is 9.97 Å². The summed E-state index contributed by atoms with van der Waals surface area (Å²) in [5.74, 6) is 0.842. The number of halogens is 1. The van der Waals surface area contributed by atoms with Crippen molar-refractivity contribution in [3.8, 4) is 0 Å². The Hall–Kier alpha value is -0.810. The lowest BCUT2D eigenvalue weighted by molar-refractivity contribution is 0.604. The van der Waals surface area contributed by atoms with E-state index in [1.54, 1.807) is 0 Å². The fraction of sp³-hybridized carbons (Fsp3) is 0.200. The van der Waals surface area contributed by atoms with Gasteiger partial charge in [-0.3, -0.25) is 0 Å². The van der Waals surface area contributed by atoms with Crippen molar-refractivity contribution >= 4 is 29.1 Å². The number of nitrogens with two attached hydrogens (primary N) is 1. The summed E-state index contributed by atoms with van der Waals surface area (Å²) in [6.07, 6.45) is 0. The Bertz CT molecular complexity index is 260. The highest BCUT2D eigenvalue weighted by Gasteiger charge is 2.07. The second-order valence-corrected chi connectivity index (χ2v) is 2.71. The fourth-order valence-electron chi connectivity index (χ4n) is 0.601. The van der Waals surface area contributed by atoms with E-state index < -0.39 is 0 Å². The molecular weight excluding hydrogens is 186 g/mol. The molecule has 0 saturated carbocycles. The standard InChI is InChI=1S/C5H5ClN3OS/c6-3-1-4(7)9-5(8-3)2-11-10/h1H,2H2,(H2,7,8,9)/q+1. The van der Waals surface area contributed by atoms with Gasteiger partial charge in [-0.15, -0.1) is 0 Å². The van der Waals surface area contributed by atoms with Crippen LogP contribution >= 0.6 is 11.6 Å². The second-order valence-electron chi connectivity index (χ2n) is 1.79. The molecule has 1 aromatic heterocycles. The largest absolute Gasteiger partial charge is 0.467 e. The van der Waals surface area contributed by atoms with Crippen LogP contribution in [0, 0.1) is 0 Å². The van der Waals surface area contributed by atoms with Crippen molar-refractivity contribution in [2.45, 2.75) is 5.75 Å². The summed E-state index contributed by atoms with van der Waals surface area (Å²) in [7, 11) is 0. The zero-order valence-corrected chi connectivity index (χ0v) is 7.02. The average molecular weight is 191 g/mol. The van der Waals surface area contributed by atoms with E-state index >= 15 is 0 Å². The second kappa shape index (κ2) is 3.54. The zero-order chi connectivity index (χ0) is 8.27. The van der Waals surface area contributed by atoms with Gasteiger partial charge >= 0.3 is 11.7 Å². The number of hydrogen-bond acceptors (Lipinski definition) is 4. The highest BCUT2D eigenvalue weighted by Crippen LogP contribution is 2.08. The van der Waals surface area contributed by atoms with E-state index in [0.717, 1.165) is 0 Å². The number of rotatable bonds is 2. The Kier molecular flexibility index (Phi) is 2.67. The highest BCUT2D eigenvalue weighted by atomic mass is 35.5. The van der Waals surface area contributed by atoms with Gasteiger partial charge in [-0.25, -0.2) is 9.97 Å². The molecule has 0 atom stereocenters. The third kappa shape index (κ3) is 2.36. The minimum atomic E-state index is 0.185. The minimum Gasteiger partial charge on any atom is -0.384 e. The van der Waals surface area contributed by atoms with E-state index in [0.29, 0.717) is 17.5 Å². The first-order valence-corrected chi connectivity index (χ1v) is 4.05. The first-order valence-electron chi connectivity index (χ1n) is 2.76. The van der Waals surface area contributed by atoms with Crippen LogP contribution in [-0.2, 0) is 21.6 Å². The van der Waals surface area contributed by atoms with Crippen LogP contribution in [0.25, 0.3) is 0 Å². The van der Waals surface area contributed by atoms with Gasteiger partial charge in [0.25, 0.3) is 5.75 Å². The van der Waals surface area contributed by atoms with Gasteiger partial charge in [0.05, 0.1) is 0 Å². The molecule has 11 heavy (non-hydrogen) atoms. The van der Waals surface area contributed by atoms with Gasteiger partial charge in [-0.1, -0.05) is 11.6 Å². The van der Waals surface area contributed by atoms with Crippen LogP contribution < -0.4 is 5.73 Å². The van der Waals surface area contributed by atoms with E-state index in [2.05, 4.69) is 9.97 Å². The van der Waals surface area contributed by atoms with Crippen LogP contribution in [0.3, 0.4) is 0 Å². The van der Waals surface area contributed by atoms with Gasteiger partial charge < -0.3 is 5.73 Å². The molecule has 0 aliphatic heterocycles. The van der Waals surface area contributed by atoms with E-state index in [4.69, 9.17) is 17.3 Å². The van der Waals surface area contributed by atoms with Crippen LogP contribution in [0.1, 0.15) is 5.82 Å². The quantitative estimate of drug-likeness (QED) is 0.549. The molecular formula is C5H5ClN3OS+. The molecule has 0 fully saturated rings. The zero-order valence-electron chi connectivity index (χ0n) is 5.45. The van der Waals surface area contributed by atoms with Crippen molar-refractivity contribution in [2.24, 2.45) is 0 Å². The van der Waals surface area contributed by atoms with E-state index in [-0.39, 0.29) is 16.7 Å². The normalized spacial score (nSPS) is 9.55. The summed E-state index contributed by atoms with van der Waals surface area (Å²) in [4.78, 5) is 7.56. The predicted octanol–water partition coefficient (Wildman–Crippen LogP) is 0.640. The fourth-order valence-corrected chi connectivity index (χ4v) is 1.05. The lowest BCUT2D eigenvalue weighted by Crippen LogP contribution is -1.98. The van der Waals surface area contributed by atoms with E-state index in [1.807, 2.05) is 0 Å². The maximum absolute atomic E-state index is 10.1. The summed E-state index contributed by atoms with van der Waals surface area (Å²) < 4.78 is 10.1. The molecule has 1 aromatic rings. The Morgan fingerprint density at radius 2 is 2.36 bits per heavy atom. The van der Waals surface area contributed by atoms with Crippen LogP contribution in [0.15, 0.2) is 6.07 Å². The van der Waals surface area contributed by atoms with Gasteiger partial charge in [0.2, 0.25) is 0 Å². The van der Waals surface area contributed by atoms with Gasteiger partial charge in [0.15, 0.2) is 5.82 Å². The first kappa shape index (κ1) is 8.29. The molecule has 6 heteroatoms. The van der Waals surface area contributed by atoms with Gasteiger partial charge in [-0.2, -0.15) is 0 Å². The first-order chi connectivity index (χ1) is 5.22. The summed E-state index contributed by atoms with van der Waals surface area (Å²) >= 11 is 5.93. The molecule has 1 rings (SSSR count). The smallest absolute Gasteiger partial charge is 0.384 e. The SMILES string of the molecule is Nc1cc(Cl)nc(C[S+]=O)n1. The number of anilines is 1. The van der Waals surface area contributed by atoms with E-state index in [9.17, 15) is 4.21 Å². The molecule has 0 aromatic carbocycles. The lowest BCUT2D eigenvalue weighted by atomic mass is 10.5. The van der Waals surface area contributed by atoms with Crippen molar-refractivity contribution in [3.63, 3.8) is 0 Å². The van der Waals surface area contributed by atoms with Crippen molar-refractivity contribution < 1.29 is 4.21 Å². The van der Waals surface area contributed by atoms with Gasteiger partial charge in [-0.05, 0) is 0 Å². The van der Waals surface area contributed by atoms with Crippen LogP contribution in [0.4, 0.5) is 5.82 Å². The predicted molar refractivity (Wildman–Crippen MR) is 43.2 cm³/mol. The van der Waals surface area contributed by atoms with Crippen LogP contribution in [0.5, 0.6) is 0 Å². The molecule has 0 amide bonds. The molecule has 2 N–H and O–H groups in total. The van der Waals surface area contributed by atoms with Gasteiger partial charge in [0.1, 0.15) is 11.0 Å². The number of nitrogen functional groups attached to an aromatic ring is 1. The molecule has 0 unspecified atom stereocenters. The minimum absolute atomic E-state index is 0.185. The Morgan fingerprint density at radius 3 is 2.91 bits per heavy atom. The van der Waals surface area contributed by atoms with Crippen LogP contribution in [0.2, 0.25) is 5.15 Å². The van der Waals surface area contributed by atoms with Crippen molar-refractivity contribution in [3.05, 3.63) is 17.0 Å². The summed E-state index contributed by atoms with van der Waals surface area (Å²) in [6.45, 7) is 0.